The van der Waals surface area contributed by atoms with Crippen LogP contribution in [0.2, 0.25) is 5.02 Å². The number of nitrogens with zero attached hydrogens (tertiary/aromatic N) is 3. The molecule has 0 spiro atoms. The highest BCUT2D eigenvalue weighted by Crippen LogP contribution is 2.32. The Kier molecular flexibility index (Phi) is 5.67. The average molecular weight is 477 g/mol. The van der Waals surface area contributed by atoms with Gasteiger partial charge in [-0.3, -0.25) is 24.1 Å². The Bertz CT molecular complexity index is 1550. The Morgan fingerprint density at radius 3 is 2.65 bits per heavy atom. The quantitative estimate of drug-likeness (QED) is 0.460. The number of H-pyrrole nitrogens is 1. The van der Waals surface area contributed by atoms with Crippen molar-refractivity contribution < 1.29 is 4.74 Å². The van der Waals surface area contributed by atoms with Crippen LogP contribution in [0.15, 0.2) is 75.6 Å². The number of aryl methyl sites for hydroxylation is 1. The smallest absolute Gasteiger partial charge is 0.328 e. The van der Waals surface area contributed by atoms with Gasteiger partial charge in [0.05, 0.1) is 24.1 Å². The van der Waals surface area contributed by atoms with Crippen LogP contribution in [-0.2, 0) is 7.05 Å². The third kappa shape index (κ3) is 4.45. The van der Waals surface area contributed by atoms with Crippen molar-refractivity contribution in [2.75, 3.05) is 6.61 Å². The Hall–Kier alpha value is -3.91. The lowest BCUT2D eigenvalue weighted by atomic mass is 10.0. The summed E-state index contributed by atoms with van der Waals surface area (Å²) in [6.07, 6.45) is 8.48. The summed E-state index contributed by atoms with van der Waals surface area (Å²) in [7, 11) is 1.54. The predicted octanol–water partition coefficient (Wildman–Crippen LogP) is 3.40. The number of hydrogen-bond acceptors (Lipinski definition) is 5. The molecule has 0 radical (unpaired) electrons. The molecule has 0 bridgehead atoms. The first-order valence-electron chi connectivity index (χ1n) is 10.8. The molecule has 5 rings (SSSR count). The van der Waals surface area contributed by atoms with Gasteiger partial charge in [0.1, 0.15) is 5.75 Å². The van der Waals surface area contributed by atoms with Crippen LogP contribution < -0.4 is 21.5 Å². The van der Waals surface area contributed by atoms with Crippen molar-refractivity contribution in [1.29, 1.82) is 0 Å². The fourth-order valence-electron chi connectivity index (χ4n) is 3.69. The molecular formula is C25H21ClN4O4. The molecule has 1 aliphatic rings. The molecular weight excluding hydrogens is 456 g/mol. The van der Waals surface area contributed by atoms with Crippen LogP contribution in [-0.4, -0.2) is 25.7 Å². The zero-order chi connectivity index (χ0) is 23.8. The Morgan fingerprint density at radius 2 is 1.91 bits per heavy atom. The van der Waals surface area contributed by atoms with Crippen molar-refractivity contribution in [3.05, 3.63) is 97.4 Å². The maximum atomic E-state index is 13.6. The molecule has 1 aliphatic carbocycles. The predicted molar refractivity (Wildman–Crippen MR) is 130 cm³/mol. The minimum absolute atomic E-state index is 0.244. The first-order valence-corrected chi connectivity index (χ1v) is 11.2. The lowest BCUT2D eigenvalue weighted by Crippen LogP contribution is -2.29. The van der Waals surface area contributed by atoms with Gasteiger partial charge in [0.15, 0.2) is 0 Å². The van der Waals surface area contributed by atoms with E-state index in [9.17, 15) is 14.4 Å². The number of hydrogen-bond donors (Lipinski definition) is 1. The first-order chi connectivity index (χ1) is 16.4. The van der Waals surface area contributed by atoms with E-state index < -0.39 is 11.2 Å². The van der Waals surface area contributed by atoms with E-state index in [1.807, 2.05) is 0 Å². The monoisotopic (exact) mass is 476 g/mol. The standard InChI is InChI=1S/C25H21ClN4O4/c1-29-13-22(23(31)28-25(29)33)17-9-21(24(32)30(12-17)19-3-2-6-27-11-19)16-7-18(26)10-20(8-16)34-14-15-4-5-15/h2-3,6-13,15H,4-5,14H2,1H3,(H,28,31,33). The SMILES string of the molecule is Cn1cc(-c2cc(-c3cc(Cl)cc(OCC4CC4)c3)c(=O)n(-c3cccnc3)c2)c(=O)[nH]c1=O. The highest BCUT2D eigenvalue weighted by molar-refractivity contribution is 6.31. The second kappa shape index (κ2) is 8.79. The molecule has 1 aromatic carbocycles. The van der Waals surface area contributed by atoms with Gasteiger partial charge in [-0.05, 0) is 60.7 Å². The fourth-order valence-corrected chi connectivity index (χ4v) is 3.92. The summed E-state index contributed by atoms with van der Waals surface area (Å²) in [6, 6.07) is 10.3. The van der Waals surface area contributed by atoms with Crippen LogP contribution in [0.25, 0.3) is 27.9 Å². The van der Waals surface area contributed by atoms with E-state index >= 15 is 0 Å². The molecule has 0 atom stereocenters. The second-order valence-corrected chi connectivity index (χ2v) is 8.81. The molecule has 1 fully saturated rings. The fraction of sp³-hybridized carbons (Fsp3) is 0.200. The first kappa shape index (κ1) is 21.9. The number of benzene rings is 1. The maximum absolute atomic E-state index is 13.6. The van der Waals surface area contributed by atoms with Gasteiger partial charge in [-0.15, -0.1) is 0 Å². The largest absolute Gasteiger partial charge is 0.493 e. The number of ether oxygens (including phenoxy) is 1. The molecule has 8 nitrogen and oxygen atoms in total. The highest BCUT2D eigenvalue weighted by Gasteiger charge is 2.22. The number of nitrogens with one attached hydrogen (secondary N) is 1. The Morgan fingerprint density at radius 1 is 1.09 bits per heavy atom. The van der Waals surface area contributed by atoms with Gasteiger partial charge in [0.25, 0.3) is 11.1 Å². The molecule has 172 valence electrons. The van der Waals surface area contributed by atoms with Crippen molar-refractivity contribution in [3.8, 4) is 33.7 Å². The molecule has 0 saturated heterocycles. The summed E-state index contributed by atoms with van der Waals surface area (Å²) in [4.78, 5) is 44.5. The molecule has 3 heterocycles. The van der Waals surface area contributed by atoms with Crippen LogP contribution in [0.3, 0.4) is 0 Å². The summed E-state index contributed by atoms with van der Waals surface area (Å²) in [5.41, 5.74) is 0.727. The number of aromatic nitrogens is 4. The molecule has 9 heteroatoms. The summed E-state index contributed by atoms with van der Waals surface area (Å²) >= 11 is 6.37. The van der Waals surface area contributed by atoms with E-state index in [2.05, 4.69) is 9.97 Å². The van der Waals surface area contributed by atoms with E-state index in [-0.39, 0.29) is 11.1 Å². The number of aromatic amines is 1. The van der Waals surface area contributed by atoms with Crippen molar-refractivity contribution in [2.24, 2.45) is 13.0 Å². The van der Waals surface area contributed by atoms with Gasteiger partial charge in [-0.1, -0.05) is 11.6 Å². The second-order valence-electron chi connectivity index (χ2n) is 8.37. The molecule has 1 saturated carbocycles. The van der Waals surface area contributed by atoms with E-state index in [0.717, 1.165) is 12.8 Å². The Labute approximate surface area is 199 Å². The van der Waals surface area contributed by atoms with Crippen LogP contribution in [0.5, 0.6) is 5.75 Å². The summed E-state index contributed by atoms with van der Waals surface area (Å²) in [6.45, 7) is 0.604. The molecule has 0 amide bonds. The third-order valence-electron chi connectivity index (χ3n) is 5.73. The molecule has 1 N–H and O–H groups in total. The van der Waals surface area contributed by atoms with Crippen LogP contribution in [0, 0.1) is 5.92 Å². The van der Waals surface area contributed by atoms with Crippen LogP contribution >= 0.6 is 11.6 Å². The zero-order valence-electron chi connectivity index (χ0n) is 18.3. The number of halogens is 1. The normalized spacial score (nSPS) is 13.1. The van der Waals surface area contributed by atoms with Gasteiger partial charge < -0.3 is 9.30 Å². The summed E-state index contributed by atoms with van der Waals surface area (Å²) in [5.74, 6) is 1.14. The van der Waals surface area contributed by atoms with Gasteiger partial charge >= 0.3 is 5.69 Å². The average Bonchev–Trinajstić information content (AvgIpc) is 3.65. The molecule has 0 aliphatic heterocycles. The molecule has 0 unspecified atom stereocenters. The lowest BCUT2D eigenvalue weighted by Gasteiger charge is -2.14. The minimum Gasteiger partial charge on any atom is -0.493 e. The number of pyridine rings is 2. The topological polar surface area (TPSA) is 99.0 Å². The van der Waals surface area contributed by atoms with E-state index in [1.165, 1.54) is 15.3 Å². The van der Waals surface area contributed by atoms with Gasteiger partial charge in [-0.2, -0.15) is 0 Å². The van der Waals surface area contributed by atoms with Gasteiger partial charge in [-0.25, -0.2) is 4.79 Å². The maximum Gasteiger partial charge on any atom is 0.328 e. The van der Waals surface area contributed by atoms with Crippen molar-refractivity contribution in [2.45, 2.75) is 12.8 Å². The van der Waals surface area contributed by atoms with Crippen molar-refractivity contribution >= 4 is 11.6 Å². The number of rotatable bonds is 6. The molecule has 3 aromatic heterocycles. The van der Waals surface area contributed by atoms with Gasteiger partial charge in [0.2, 0.25) is 0 Å². The Balaban J connectivity index is 1.72. The lowest BCUT2D eigenvalue weighted by molar-refractivity contribution is 0.300. The summed E-state index contributed by atoms with van der Waals surface area (Å²) in [5, 5.41) is 0.431. The highest BCUT2D eigenvalue weighted by atomic mass is 35.5. The van der Waals surface area contributed by atoms with E-state index in [4.69, 9.17) is 16.3 Å². The third-order valence-corrected chi connectivity index (χ3v) is 5.94. The van der Waals surface area contributed by atoms with Crippen molar-refractivity contribution in [1.82, 2.24) is 19.1 Å². The van der Waals surface area contributed by atoms with E-state index in [1.54, 1.807) is 62.0 Å². The van der Waals surface area contributed by atoms with Crippen LogP contribution in [0.4, 0.5) is 0 Å². The van der Waals surface area contributed by atoms with E-state index in [0.29, 0.717) is 45.7 Å². The van der Waals surface area contributed by atoms with Gasteiger partial charge in [0, 0.05) is 41.8 Å². The van der Waals surface area contributed by atoms with Crippen LogP contribution in [0.1, 0.15) is 12.8 Å². The minimum atomic E-state index is -0.551. The molecule has 4 aromatic rings. The zero-order valence-corrected chi connectivity index (χ0v) is 19.1. The summed E-state index contributed by atoms with van der Waals surface area (Å²) < 4.78 is 8.60. The van der Waals surface area contributed by atoms with Crippen molar-refractivity contribution in [3.63, 3.8) is 0 Å². The molecule has 34 heavy (non-hydrogen) atoms.